The summed E-state index contributed by atoms with van der Waals surface area (Å²) in [4.78, 5) is 29.4. The van der Waals surface area contributed by atoms with Gasteiger partial charge in [-0.2, -0.15) is 0 Å². The molecule has 0 spiro atoms. The van der Waals surface area contributed by atoms with E-state index in [1.807, 2.05) is 39.9 Å². The van der Waals surface area contributed by atoms with E-state index < -0.39 is 0 Å². The largest absolute Gasteiger partial charge is 0.356 e. The fraction of sp³-hybridized carbons (Fsp3) is 0.565. The number of carbonyl (C=O) groups is 2. The minimum Gasteiger partial charge on any atom is -0.356 e. The van der Waals surface area contributed by atoms with Crippen LogP contribution >= 0.6 is 0 Å². The molecular formula is C23H34N4O2. The van der Waals surface area contributed by atoms with E-state index in [4.69, 9.17) is 0 Å². The molecule has 0 bridgehead atoms. The third-order valence-electron chi connectivity index (χ3n) is 6.05. The van der Waals surface area contributed by atoms with Crippen molar-refractivity contribution in [2.75, 3.05) is 39.3 Å². The lowest BCUT2D eigenvalue weighted by Crippen LogP contribution is -2.44. The van der Waals surface area contributed by atoms with Crippen molar-refractivity contribution in [2.45, 2.75) is 39.7 Å². The summed E-state index contributed by atoms with van der Waals surface area (Å²) in [7, 11) is 0. The average molecular weight is 399 g/mol. The first-order valence-corrected chi connectivity index (χ1v) is 10.9. The average Bonchev–Trinajstić information content (AvgIpc) is 3.16. The number of likely N-dealkylation sites (tertiary alicyclic amines) is 1. The van der Waals surface area contributed by atoms with Gasteiger partial charge in [0, 0.05) is 37.3 Å². The minimum atomic E-state index is 0.0277. The number of carbonyl (C=O) groups excluding carboxylic acids is 2. The van der Waals surface area contributed by atoms with Gasteiger partial charge >= 0.3 is 0 Å². The molecule has 1 aromatic carbocycles. The highest BCUT2D eigenvalue weighted by Gasteiger charge is 2.27. The van der Waals surface area contributed by atoms with E-state index in [2.05, 4.69) is 30.1 Å². The Morgan fingerprint density at radius 2 is 1.83 bits per heavy atom. The summed E-state index contributed by atoms with van der Waals surface area (Å²) in [5, 5.41) is 4.23. The predicted octanol–water partition coefficient (Wildman–Crippen LogP) is 2.73. The van der Waals surface area contributed by atoms with E-state index >= 15 is 0 Å². The number of nitrogens with zero attached hydrogens (tertiary/aromatic N) is 3. The molecule has 6 nitrogen and oxygen atoms in total. The monoisotopic (exact) mass is 398 g/mol. The van der Waals surface area contributed by atoms with Gasteiger partial charge in [-0.25, -0.2) is 0 Å². The van der Waals surface area contributed by atoms with Crippen LogP contribution in [-0.2, 0) is 16.1 Å². The maximum atomic E-state index is 12.7. The smallest absolute Gasteiger partial charge is 0.242 e. The Bertz CT molecular complexity index is 804. The molecule has 0 atom stereocenters. The molecule has 2 amide bonds. The molecule has 0 unspecified atom stereocenters. The number of nitrogens with one attached hydrogen (secondary N) is 1. The van der Waals surface area contributed by atoms with Crippen molar-refractivity contribution in [3.05, 3.63) is 36.5 Å². The van der Waals surface area contributed by atoms with E-state index in [-0.39, 0.29) is 17.7 Å². The quantitative estimate of drug-likeness (QED) is 0.661. The van der Waals surface area contributed by atoms with Crippen LogP contribution in [0, 0.1) is 5.92 Å². The number of hydrogen-bond donors (Lipinski definition) is 1. The topological polar surface area (TPSA) is 57.6 Å². The summed E-state index contributed by atoms with van der Waals surface area (Å²) < 4.78 is 2.01. The van der Waals surface area contributed by atoms with Crippen molar-refractivity contribution >= 4 is 22.7 Å². The van der Waals surface area contributed by atoms with Crippen molar-refractivity contribution in [1.82, 2.24) is 19.7 Å². The molecule has 6 heteroatoms. The van der Waals surface area contributed by atoms with Gasteiger partial charge in [0.15, 0.2) is 0 Å². The van der Waals surface area contributed by atoms with Crippen LogP contribution in [0.1, 0.15) is 33.1 Å². The van der Waals surface area contributed by atoms with Gasteiger partial charge < -0.3 is 19.7 Å². The lowest BCUT2D eigenvalue weighted by Gasteiger charge is -2.31. The fourth-order valence-electron chi connectivity index (χ4n) is 4.11. The van der Waals surface area contributed by atoms with Gasteiger partial charge in [-0.3, -0.25) is 9.59 Å². The molecule has 158 valence electrons. The van der Waals surface area contributed by atoms with Gasteiger partial charge in [-0.1, -0.05) is 32.0 Å². The van der Waals surface area contributed by atoms with Crippen LogP contribution in [0.2, 0.25) is 0 Å². The molecule has 1 aliphatic rings. The lowest BCUT2D eigenvalue weighted by atomic mass is 9.96. The standard InChI is InChI=1S/C23H34N4O2/c1-3-25(4-2)14-7-13-24-23(29)20-11-15-26(16-12-20)22(28)18-27-17-10-19-8-5-6-9-21(19)27/h5-6,8-10,17,20H,3-4,7,11-16,18H2,1-2H3,(H,24,29). The molecule has 1 fully saturated rings. The maximum absolute atomic E-state index is 12.7. The van der Waals surface area contributed by atoms with E-state index in [1.165, 1.54) is 0 Å². The first kappa shape index (κ1) is 21.4. The normalized spacial score (nSPS) is 15.2. The summed E-state index contributed by atoms with van der Waals surface area (Å²) in [6, 6.07) is 10.1. The lowest BCUT2D eigenvalue weighted by molar-refractivity contribution is -0.136. The fourth-order valence-corrected chi connectivity index (χ4v) is 4.11. The van der Waals surface area contributed by atoms with Gasteiger partial charge in [-0.15, -0.1) is 0 Å². The molecule has 0 saturated carbocycles. The molecule has 1 N–H and O–H groups in total. The maximum Gasteiger partial charge on any atom is 0.242 e. The molecule has 2 heterocycles. The SMILES string of the molecule is CCN(CC)CCCNC(=O)C1CCN(C(=O)Cn2ccc3ccccc32)CC1. The van der Waals surface area contributed by atoms with Gasteiger partial charge in [0.1, 0.15) is 6.54 Å². The Labute approximate surface area is 173 Å². The molecule has 3 rings (SSSR count). The van der Waals surface area contributed by atoms with Crippen LogP contribution in [0.15, 0.2) is 36.5 Å². The van der Waals surface area contributed by atoms with E-state index in [9.17, 15) is 9.59 Å². The van der Waals surface area contributed by atoms with Gasteiger partial charge in [0.05, 0.1) is 0 Å². The van der Waals surface area contributed by atoms with Crippen molar-refractivity contribution < 1.29 is 9.59 Å². The zero-order valence-corrected chi connectivity index (χ0v) is 17.8. The van der Waals surface area contributed by atoms with Crippen molar-refractivity contribution in [3.8, 4) is 0 Å². The van der Waals surface area contributed by atoms with Crippen molar-refractivity contribution in [1.29, 1.82) is 0 Å². The van der Waals surface area contributed by atoms with Crippen molar-refractivity contribution in [3.63, 3.8) is 0 Å². The van der Waals surface area contributed by atoms with Gasteiger partial charge in [-0.05, 0) is 56.4 Å². The molecule has 1 aliphatic heterocycles. The number of benzene rings is 1. The number of amides is 2. The van der Waals surface area contributed by atoms with Gasteiger partial charge in [0.2, 0.25) is 11.8 Å². The number of para-hydroxylation sites is 1. The second-order valence-corrected chi connectivity index (χ2v) is 7.83. The van der Waals surface area contributed by atoms with Crippen LogP contribution in [-0.4, -0.2) is 65.4 Å². The van der Waals surface area contributed by atoms with Crippen LogP contribution in [0.25, 0.3) is 10.9 Å². The molecular weight excluding hydrogens is 364 g/mol. The Morgan fingerprint density at radius 1 is 1.10 bits per heavy atom. The zero-order chi connectivity index (χ0) is 20.6. The van der Waals surface area contributed by atoms with Crippen LogP contribution < -0.4 is 5.32 Å². The Morgan fingerprint density at radius 3 is 2.55 bits per heavy atom. The number of aromatic nitrogens is 1. The molecule has 1 aromatic heterocycles. The summed E-state index contributed by atoms with van der Waals surface area (Å²) in [6.07, 6.45) is 4.46. The summed E-state index contributed by atoms with van der Waals surface area (Å²) >= 11 is 0. The highest BCUT2D eigenvalue weighted by molar-refractivity contribution is 5.83. The Kier molecular flexibility index (Phi) is 7.69. The second kappa shape index (κ2) is 10.4. The van der Waals surface area contributed by atoms with Crippen LogP contribution in [0.4, 0.5) is 0 Å². The van der Waals surface area contributed by atoms with E-state index in [0.29, 0.717) is 19.6 Å². The van der Waals surface area contributed by atoms with Crippen molar-refractivity contribution in [2.24, 2.45) is 5.92 Å². The molecule has 2 aromatic rings. The van der Waals surface area contributed by atoms with Gasteiger partial charge in [0.25, 0.3) is 0 Å². The number of piperidine rings is 1. The second-order valence-electron chi connectivity index (χ2n) is 7.83. The van der Waals surface area contributed by atoms with E-state index in [0.717, 1.165) is 56.3 Å². The molecule has 1 saturated heterocycles. The highest BCUT2D eigenvalue weighted by atomic mass is 16.2. The third kappa shape index (κ3) is 5.60. The summed E-state index contributed by atoms with van der Waals surface area (Å²) in [5.74, 6) is 0.303. The zero-order valence-electron chi connectivity index (χ0n) is 17.8. The molecule has 29 heavy (non-hydrogen) atoms. The number of hydrogen-bond acceptors (Lipinski definition) is 3. The number of fused-ring (bicyclic) bond motifs is 1. The highest BCUT2D eigenvalue weighted by Crippen LogP contribution is 2.19. The predicted molar refractivity (Wildman–Crippen MR) is 117 cm³/mol. The molecule has 0 radical (unpaired) electrons. The Hall–Kier alpha value is -2.34. The first-order valence-electron chi connectivity index (χ1n) is 10.9. The van der Waals surface area contributed by atoms with Crippen LogP contribution in [0.3, 0.4) is 0 Å². The van der Waals surface area contributed by atoms with E-state index in [1.54, 1.807) is 0 Å². The Balaban J connectivity index is 1.40. The third-order valence-corrected chi connectivity index (χ3v) is 6.05. The summed E-state index contributed by atoms with van der Waals surface area (Å²) in [5.41, 5.74) is 1.08. The van der Waals surface area contributed by atoms with Crippen LogP contribution in [0.5, 0.6) is 0 Å². The number of rotatable bonds is 9. The summed E-state index contributed by atoms with van der Waals surface area (Å²) in [6.45, 7) is 9.86. The molecule has 0 aliphatic carbocycles. The minimum absolute atomic E-state index is 0.0277. The first-order chi connectivity index (χ1) is 14.1.